The largest absolute Gasteiger partial charge is 0.260 e. The van der Waals surface area contributed by atoms with Gasteiger partial charge in [-0.3, -0.25) is 4.98 Å². The average Bonchev–Trinajstić information content (AvgIpc) is 3.14. The van der Waals surface area contributed by atoms with E-state index in [1.807, 2.05) is 18.3 Å². The van der Waals surface area contributed by atoms with Gasteiger partial charge < -0.3 is 0 Å². The molecule has 2 heterocycles. The Morgan fingerprint density at radius 1 is 0.710 bits per heavy atom. The highest BCUT2D eigenvalue weighted by Crippen LogP contribution is 2.54. The van der Waals surface area contributed by atoms with Crippen LogP contribution in [-0.2, 0) is 5.41 Å². The van der Waals surface area contributed by atoms with Crippen molar-refractivity contribution in [2.75, 3.05) is 0 Å². The van der Waals surface area contributed by atoms with Crippen LogP contribution in [0, 0.1) is 0 Å². The maximum atomic E-state index is 4.95. The van der Waals surface area contributed by atoms with Gasteiger partial charge in [0.05, 0.1) is 22.3 Å². The molecule has 0 fully saturated rings. The molecule has 0 radical (unpaired) electrons. The Morgan fingerprint density at radius 3 is 2.39 bits per heavy atom. The molecule has 0 bridgehead atoms. The number of benzene rings is 3. The van der Waals surface area contributed by atoms with E-state index in [4.69, 9.17) is 9.97 Å². The van der Waals surface area contributed by atoms with Gasteiger partial charge in [-0.25, -0.2) is 4.98 Å². The molecule has 3 aromatic carbocycles. The van der Waals surface area contributed by atoms with Crippen LogP contribution in [0.4, 0.5) is 0 Å². The van der Waals surface area contributed by atoms with E-state index in [1.165, 1.54) is 22.3 Å². The predicted octanol–water partition coefficient (Wildman–Crippen LogP) is 7.02. The van der Waals surface area contributed by atoms with E-state index in [1.54, 1.807) is 0 Å². The lowest BCUT2D eigenvalue weighted by atomic mass is 9.72. The first-order valence-electron chi connectivity index (χ1n) is 10.8. The van der Waals surface area contributed by atoms with Crippen molar-refractivity contribution in [3.8, 4) is 22.4 Å². The Balaban J connectivity index is 1.61. The molecule has 1 unspecified atom stereocenters. The number of aromatic nitrogens is 2. The molecule has 1 atom stereocenters. The summed E-state index contributed by atoms with van der Waals surface area (Å²) < 4.78 is 0. The molecule has 2 nitrogen and oxygen atoms in total. The molecule has 6 rings (SSSR count). The molecule has 0 aliphatic heterocycles. The Kier molecular flexibility index (Phi) is 4.00. The molecule has 31 heavy (non-hydrogen) atoms. The monoisotopic (exact) mass is 398 g/mol. The molecule has 0 saturated heterocycles. The van der Waals surface area contributed by atoms with Gasteiger partial charge in [-0.15, -0.1) is 0 Å². The van der Waals surface area contributed by atoms with Gasteiger partial charge in [0.2, 0.25) is 0 Å². The summed E-state index contributed by atoms with van der Waals surface area (Å²) in [5.74, 6) is 0. The van der Waals surface area contributed by atoms with Crippen LogP contribution < -0.4 is 0 Å². The van der Waals surface area contributed by atoms with E-state index >= 15 is 0 Å². The third-order valence-electron chi connectivity index (χ3n) is 6.68. The zero-order valence-corrected chi connectivity index (χ0v) is 17.4. The minimum Gasteiger partial charge on any atom is -0.260 e. The fraction of sp³-hybridized carbons (Fsp3) is 0.103. The van der Waals surface area contributed by atoms with E-state index < -0.39 is 0 Å². The third kappa shape index (κ3) is 2.58. The van der Waals surface area contributed by atoms with Gasteiger partial charge in [-0.2, -0.15) is 0 Å². The van der Waals surface area contributed by atoms with Gasteiger partial charge in [-0.05, 0) is 59.0 Å². The van der Waals surface area contributed by atoms with Crippen molar-refractivity contribution in [2.45, 2.75) is 18.8 Å². The summed E-state index contributed by atoms with van der Waals surface area (Å²) in [5, 5.41) is 1.16. The van der Waals surface area contributed by atoms with Gasteiger partial charge in [0, 0.05) is 17.1 Å². The second-order valence-corrected chi connectivity index (χ2v) is 8.17. The minimum atomic E-state index is -0.250. The Morgan fingerprint density at radius 2 is 1.52 bits per heavy atom. The van der Waals surface area contributed by atoms with Crippen LogP contribution in [0.2, 0.25) is 0 Å². The quantitative estimate of drug-likeness (QED) is 0.326. The lowest BCUT2D eigenvalue weighted by Gasteiger charge is -2.30. The normalized spacial score (nSPS) is 16.8. The third-order valence-corrected chi connectivity index (χ3v) is 6.68. The minimum absolute atomic E-state index is 0.250. The lowest BCUT2D eigenvalue weighted by Crippen LogP contribution is -2.27. The number of hydrogen-bond acceptors (Lipinski definition) is 2. The number of nitrogens with zero attached hydrogens (tertiary/aromatic N) is 2. The highest BCUT2D eigenvalue weighted by molar-refractivity contribution is 5.86. The van der Waals surface area contributed by atoms with Crippen LogP contribution in [0.3, 0.4) is 0 Å². The summed E-state index contributed by atoms with van der Waals surface area (Å²) >= 11 is 0. The summed E-state index contributed by atoms with van der Waals surface area (Å²) in [6, 6.07) is 34.4. The Labute approximate surface area is 182 Å². The predicted molar refractivity (Wildman–Crippen MR) is 127 cm³/mol. The summed E-state index contributed by atoms with van der Waals surface area (Å²) in [4.78, 5) is 9.78. The van der Waals surface area contributed by atoms with Gasteiger partial charge in [0.25, 0.3) is 0 Å². The zero-order chi connectivity index (χ0) is 20.8. The van der Waals surface area contributed by atoms with Gasteiger partial charge in [0.15, 0.2) is 0 Å². The number of rotatable bonds is 3. The van der Waals surface area contributed by atoms with Crippen LogP contribution >= 0.6 is 0 Å². The first-order valence-corrected chi connectivity index (χ1v) is 10.8. The molecule has 0 N–H and O–H groups in total. The van der Waals surface area contributed by atoms with Gasteiger partial charge in [-0.1, -0.05) is 73.7 Å². The van der Waals surface area contributed by atoms with Gasteiger partial charge >= 0.3 is 0 Å². The first kappa shape index (κ1) is 18.0. The van der Waals surface area contributed by atoms with Crippen LogP contribution in [0.25, 0.3) is 33.3 Å². The van der Waals surface area contributed by atoms with Crippen molar-refractivity contribution in [1.82, 2.24) is 9.97 Å². The molecular formula is C29H22N2. The van der Waals surface area contributed by atoms with Crippen LogP contribution in [-0.4, -0.2) is 9.97 Å². The van der Waals surface area contributed by atoms with E-state index in [0.29, 0.717) is 0 Å². The summed E-state index contributed by atoms with van der Waals surface area (Å²) in [5.41, 5.74) is 9.30. The summed E-state index contributed by atoms with van der Waals surface area (Å²) in [7, 11) is 0. The van der Waals surface area contributed by atoms with Crippen LogP contribution in [0.15, 0.2) is 103 Å². The van der Waals surface area contributed by atoms with Crippen molar-refractivity contribution in [1.29, 1.82) is 0 Å². The first-order chi connectivity index (χ1) is 15.3. The molecule has 1 aliphatic rings. The Bertz CT molecular complexity index is 1420. The second-order valence-electron chi connectivity index (χ2n) is 8.17. The van der Waals surface area contributed by atoms with Crippen LogP contribution in [0.5, 0.6) is 0 Å². The highest BCUT2D eigenvalue weighted by atomic mass is 14.7. The van der Waals surface area contributed by atoms with Crippen molar-refractivity contribution in [3.63, 3.8) is 0 Å². The molecular weight excluding hydrogens is 376 g/mol. The lowest BCUT2D eigenvalue weighted by molar-refractivity contribution is 0.589. The molecule has 2 aromatic heterocycles. The second kappa shape index (κ2) is 6.88. The topological polar surface area (TPSA) is 25.8 Å². The average molecular weight is 399 g/mol. The number of hydrogen-bond donors (Lipinski definition) is 0. The van der Waals surface area contributed by atoms with E-state index in [2.05, 4.69) is 91.9 Å². The van der Waals surface area contributed by atoms with E-state index in [0.717, 1.165) is 34.3 Å². The Hall–Kier alpha value is -3.78. The molecule has 0 amide bonds. The molecule has 1 aliphatic carbocycles. The number of pyridine rings is 2. The van der Waals surface area contributed by atoms with Crippen molar-refractivity contribution < 1.29 is 0 Å². The zero-order valence-electron chi connectivity index (χ0n) is 17.4. The molecule has 0 saturated carbocycles. The maximum Gasteiger partial charge on any atom is 0.0709 e. The smallest absolute Gasteiger partial charge is 0.0709 e. The summed E-state index contributed by atoms with van der Waals surface area (Å²) in [6.45, 7) is 2.27. The van der Waals surface area contributed by atoms with Gasteiger partial charge in [0.1, 0.15) is 0 Å². The molecule has 148 valence electrons. The number of para-hydroxylation sites is 1. The molecule has 2 heteroatoms. The number of fused-ring (bicyclic) bond motifs is 4. The maximum absolute atomic E-state index is 4.95. The summed E-state index contributed by atoms with van der Waals surface area (Å²) in [6.07, 6.45) is 2.85. The molecule has 5 aromatic rings. The van der Waals surface area contributed by atoms with Crippen molar-refractivity contribution in [3.05, 3.63) is 120 Å². The van der Waals surface area contributed by atoms with E-state index in [9.17, 15) is 0 Å². The van der Waals surface area contributed by atoms with Crippen molar-refractivity contribution >= 4 is 10.9 Å². The fourth-order valence-corrected chi connectivity index (χ4v) is 5.21. The molecule has 0 spiro atoms. The highest BCUT2D eigenvalue weighted by Gasteiger charge is 2.44. The van der Waals surface area contributed by atoms with Crippen LogP contribution in [0.1, 0.15) is 30.2 Å². The SMILES string of the molecule is CCC1(c2ccccn2)c2ccccc2-c2ccc(-c3ccc4ccccc4n3)cc21. The standard InChI is InChI=1S/C29H22N2/c1-2-29(28-13-7-8-18-30-28)24-11-5-4-10-22(24)23-16-14-21(19-25(23)29)27-17-15-20-9-3-6-12-26(20)31-27/h3-19H,2H2,1H3. The fourth-order valence-electron chi connectivity index (χ4n) is 5.21. The van der Waals surface area contributed by atoms with E-state index in [-0.39, 0.29) is 5.41 Å². The van der Waals surface area contributed by atoms with Crippen molar-refractivity contribution in [2.24, 2.45) is 0 Å².